The Morgan fingerprint density at radius 1 is 1.58 bits per heavy atom. The van der Waals surface area contributed by atoms with Crippen molar-refractivity contribution in [1.82, 2.24) is 5.32 Å². The molecule has 1 aliphatic rings. The molecule has 4 heteroatoms. The summed E-state index contributed by atoms with van der Waals surface area (Å²) < 4.78 is 24.4. The van der Waals surface area contributed by atoms with Crippen LogP contribution in [-0.4, -0.2) is 18.5 Å². The summed E-state index contributed by atoms with van der Waals surface area (Å²) in [5.41, 5.74) is 0.278. The summed E-state index contributed by atoms with van der Waals surface area (Å²) in [5.74, 6) is 0.541. The van der Waals surface area contributed by atoms with Gasteiger partial charge >= 0.3 is 0 Å². The standard InChI is InChI=1S/C8H12ClF2N/c9-4-1-2-7-6(8(10)11)3-5-12-7/h7,12H,1-5H2. The Bertz CT molecular complexity index is 178. The van der Waals surface area contributed by atoms with Gasteiger partial charge in [-0.05, 0) is 25.8 Å². The van der Waals surface area contributed by atoms with Gasteiger partial charge in [0.15, 0.2) is 0 Å². The van der Waals surface area contributed by atoms with Gasteiger partial charge in [0.25, 0.3) is 6.08 Å². The highest BCUT2D eigenvalue weighted by Crippen LogP contribution is 2.23. The minimum absolute atomic E-state index is 0.131. The van der Waals surface area contributed by atoms with Gasteiger partial charge in [0, 0.05) is 17.5 Å². The van der Waals surface area contributed by atoms with Crippen LogP contribution in [0, 0.1) is 0 Å². The molecule has 0 aromatic heterocycles. The van der Waals surface area contributed by atoms with E-state index in [1.807, 2.05) is 0 Å². The van der Waals surface area contributed by atoms with Gasteiger partial charge in [-0.3, -0.25) is 0 Å². The lowest BCUT2D eigenvalue weighted by Gasteiger charge is -2.09. The lowest BCUT2D eigenvalue weighted by molar-refractivity contribution is 0.401. The number of halogens is 3. The van der Waals surface area contributed by atoms with Crippen LogP contribution >= 0.6 is 11.6 Å². The molecule has 70 valence electrons. The van der Waals surface area contributed by atoms with Crippen LogP contribution in [0.1, 0.15) is 19.3 Å². The van der Waals surface area contributed by atoms with Crippen LogP contribution in [0.25, 0.3) is 0 Å². The summed E-state index contributed by atoms with van der Waals surface area (Å²) >= 11 is 5.48. The van der Waals surface area contributed by atoms with Crippen molar-refractivity contribution >= 4 is 11.6 Å². The van der Waals surface area contributed by atoms with E-state index >= 15 is 0 Å². The molecule has 0 saturated carbocycles. The molecular formula is C8H12ClF2N. The van der Waals surface area contributed by atoms with Crippen molar-refractivity contribution in [2.75, 3.05) is 12.4 Å². The Labute approximate surface area is 75.8 Å². The highest BCUT2D eigenvalue weighted by atomic mass is 35.5. The summed E-state index contributed by atoms with van der Waals surface area (Å²) in [7, 11) is 0. The fraction of sp³-hybridized carbons (Fsp3) is 0.750. The lowest BCUT2D eigenvalue weighted by Crippen LogP contribution is -2.22. The molecule has 1 fully saturated rings. The predicted octanol–water partition coefficient (Wildman–Crippen LogP) is 2.52. The van der Waals surface area contributed by atoms with E-state index in [0.29, 0.717) is 18.8 Å². The number of rotatable bonds is 3. The van der Waals surface area contributed by atoms with E-state index in [2.05, 4.69) is 5.32 Å². The maximum atomic E-state index is 12.2. The Hall–Kier alpha value is -0.150. The van der Waals surface area contributed by atoms with Crippen LogP contribution in [0.2, 0.25) is 0 Å². The summed E-state index contributed by atoms with van der Waals surface area (Å²) in [4.78, 5) is 0. The molecule has 0 amide bonds. The van der Waals surface area contributed by atoms with Crippen molar-refractivity contribution in [3.63, 3.8) is 0 Å². The van der Waals surface area contributed by atoms with E-state index in [-0.39, 0.29) is 11.6 Å². The average molecular weight is 196 g/mol. The molecule has 1 aliphatic heterocycles. The molecule has 0 aromatic carbocycles. The van der Waals surface area contributed by atoms with E-state index in [9.17, 15) is 8.78 Å². The largest absolute Gasteiger partial charge is 0.310 e. The first-order valence-electron chi connectivity index (χ1n) is 4.09. The summed E-state index contributed by atoms with van der Waals surface area (Å²) in [6, 6.07) is -0.131. The van der Waals surface area contributed by atoms with Gasteiger partial charge in [-0.1, -0.05) is 0 Å². The zero-order valence-electron chi connectivity index (χ0n) is 6.75. The lowest BCUT2D eigenvalue weighted by atomic mass is 10.1. The van der Waals surface area contributed by atoms with E-state index < -0.39 is 6.08 Å². The molecule has 0 aromatic rings. The average Bonchev–Trinajstić information content (AvgIpc) is 2.48. The van der Waals surface area contributed by atoms with Crippen molar-refractivity contribution in [3.8, 4) is 0 Å². The van der Waals surface area contributed by atoms with Crippen LogP contribution < -0.4 is 5.32 Å². The number of nitrogens with one attached hydrogen (secondary N) is 1. The van der Waals surface area contributed by atoms with E-state index in [1.165, 1.54) is 0 Å². The van der Waals surface area contributed by atoms with Crippen LogP contribution in [0.3, 0.4) is 0 Å². The van der Waals surface area contributed by atoms with E-state index in [4.69, 9.17) is 11.6 Å². The monoisotopic (exact) mass is 195 g/mol. The quantitative estimate of drug-likeness (QED) is 0.683. The summed E-state index contributed by atoms with van der Waals surface area (Å²) in [6.07, 6.45) is 0.473. The first-order valence-corrected chi connectivity index (χ1v) is 4.62. The molecule has 1 atom stereocenters. The molecule has 0 radical (unpaired) electrons. The highest BCUT2D eigenvalue weighted by molar-refractivity contribution is 6.17. The van der Waals surface area contributed by atoms with Crippen molar-refractivity contribution < 1.29 is 8.78 Å². The predicted molar refractivity (Wildman–Crippen MR) is 45.6 cm³/mol. The summed E-state index contributed by atoms with van der Waals surface area (Å²) in [6.45, 7) is 0.666. The molecule has 1 N–H and O–H groups in total. The van der Waals surface area contributed by atoms with E-state index in [1.54, 1.807) is 0 Å². The van der Waals surface area contributed by atoms with Gasteiger partial charge in [-0.25, -0.2) is 0 Å². The minimum Gasteiger partial charge on any atom is -0.310 e. The van der Waals surface area contributed by atoms with Crippen molar-refractivity contribution in [1.29, 1.82) is 0 Å². The molecule has 1 heterocycles. The fourth-order valence-corrected chi connectivity index (χ4v) is 1.62. The van der Waals surface area contributed by atoms with Gasteiger partial charge in [0.1, 0.15) is 0 Å². The minimum atomic E-state index is -1.51. The van der Waals surface area contributed by atoms with Crippen LogP contribution in [0.5, 0.6) is 0 Å². The first kappa shape index (κ1) is 9.93. The molecule has 1 unspecified atom stereocenters. The number of hydrogen-bond acceptors (Lipinski definition) is 1. The molecule has 0 aliphatic carbocycles. The Morgan fingerprint density at radius 2 is 2.33 bits per heavy atom. The summed E-state index contributed by atoms with van der Waals surface area (Å²) in [5, 5.41) is 3.03. The third-order valence-electron chi connectivity index (χ3n) is 2.07. The SMILES string of the molecule is FC(F)=C1CCNC1CCCCl. The van der Waals surface area contributed by atoms with Crippen LogP contribution in [-0.2, 0) is 0 Å². The van der Waals surface area contributed by atoms with Gasteiger partial charge in [0.05, 0.1) is 0 Å². The second-order valence-electron chi connectivity index (χ2n) is 2.87. The molecule has 1 rings (SSSR count). The Kier molecular flexibility index (Phi) is 3.95. The normalized spacial score (nSPS) is 23.2. The number of hydrogen-bond donors (Lipinski definition) is 1. The highest BCUT2D eigenvalue weighted by Gasteiger charge is 2.23. The van der Waals surface area contributed by atoms with Crippen molar-refractivity contribution in [3.05, 3.63) is 11.7 Å². The van der Waals surface area contributed by atoms with E-state index in [0.717, 1.165) is 12.8 Å². The topological polar surface area (TPSA) is 12.0 Å². The van der Waals surface area contributed by atoms with Crippen LogP contribution in [0.15, 0.2) is 11.7 Å². The molecule has 12 heavy (non-hydrogen) atoms. The second kappa shape index (κ2) is 4.77. The van der Waals surface area contributed by atoms with Gasteiger partial charge in [0.2, 0.25) is 0 Å². The zero-order valence-corrected chi connectivity index (χ0v) is 7.50. The van der Waals surface area contributed by atoms with Gasteiger partial charge in [-0.2, -0.15) is 8.78 Å². The maximum absolute atomic E-state index is 12.2. The maximum Gasteiger partial charge on any atom is 0.271 e. The Balaban J connectivity index is 2.47. The molecule has 0 spiro atoms. The van der Waals surface area contributed by atoms with Crippen molar-refractivity contribution in [2.45, 2.75) is 25.3 Å². The molecule has 1 saturated heterocycles. The third-order valence-corrected chi connectivity index (χ3v) is 2.34. The fourth-order valence-electron chi connectivity index (χ4n) is 1.46. The second-order valence-corrected chi connectivity index (χ2v) is 3.25. The van der Waals surface area contributed by atoms with Crippen molar-refractivity contribution in [2.24, 2.45) is 0 Å². The third kappa shape index (κ3) is 2.42. The smallest absolute Gasteiger partial charge is 0.271 e. The molecule has 0 bridgehead atoms. The molecule has 1 nitrogen and oxygen atoms in total. The van der Waals surface area contributed by atoms with Gasteiger partial charge in [-0.15, -0.1) is 11.6 Å². The van der Waals surface area contributed by atoms with Crippen LogP contribution in [0.4, 0.5) is 8.78 Å². The Morgan fingerprint density at radius 3 is 2.92 bits per heavy atom. The number of alkyl halides is 1. The van der Waals surface area contributed by atoms with Gasteiger partial charge < -0.3 is 5.32 Å². The molecular weight excluding hydrogens is 184 g/mol. The first-order chi connectivity index (χ1) is 5.75. The zero-order chi connectivity index (χ0) is 8.97.